The van der Waals surface area contributed by atoms with Crippen LogP contribution in [0, 0.1) is 0 Å². The number of aryl methyl sites for hydroxylation is 1. The van der Waals surface area contributed by atoms with Gasteiger partial charge in [-0.15, -0.1) is 0 Å². The number of imidazole rings is 1. The van der Waals surface area contributed by atoms with E-state index in [4.69, 9.17) is 35.9 Å². The minimum atomic E-state index is -0.761. The Morgan fingerprint density at radius 3 is 2.54 bits per heavy atom. The van der Waals surface area contributed by atoms with E-state index in [2.05, 4.69) is 22.1 Å². The Morgan fingerprint density at radius 2 is 1.78 bits per heavy atom. The van der Waals surface area contributed by atoms with Gasteiger partial charge in [-0.1, -0.05) is 60.1 Å². The number of ether oxygens (including phenoxy) is 3. The van der Waals surface area contributed by atoms with Crippen LogP contribution < -0.4 is 4.74 Å². The van der Waals surface area contributed by atoms with Crippen molar-refractivity contribution >= 4 is 28.7 Å². The van der Waals surface area contributed by atoms with Crippen molar-refractivity contribution in [1.82, 2.24) is 15.0 Å². The Labute approximate surface area is 218 Å². The molecule has 4 aromatic rings. The Kier molecular flexibility index (Phi) is 6.54. The first-order valence-corrected chi connectivity index (χ1v) is 12.8. The molecule has 2 N–H and O–H groups in total. The van der Waals surface area contributed by atoms with Gasteiger partial charge in [-0.25, -0.2) is 4.98 Å². The number of nitrogens with one attached hydrogen (secondary N) is 1. The van der Waals surface area contributed by atoms with E-state index in [0.29, 0.717) is 47.5 Å². The normalized spacial score (nSPS) is 20.8. The molecule has 190 valence electrons. The standard InChI is InChI=1S/C28H26ClN3O5/c29-20-14-21-27(32-28(30-21)37-23-15-36-22-12-13-35-26(22)23)31-25(20)19-10-8-18(9-11-19)17-6-4-16(5-7-17)2-1-3-24(33)34/h4-11,14,22-23,26H,1-3,12-13,15H2,(H,33,34)(H,30,31,32)/t22-,23?,26+/m1/s1. The summed E-state index contributed by atoms with van der Waals surface area (Å²) in [5.41, 5.74) is 6.05. The number of hydrogen-bond donors (Lipinski definition) is 2. The molecule has 0 radical (unpaired) electrons. The molecule has 0 bridgehead atoms. The zero-order valence-electron chi connectivity index (χ0n) is 20.0. The number of carbonyl (C=O) groups is 1. The lowest BCUT2D eigenvalue weighted by Gasteiger charge is -2.15. The average Bonchev–Trinajstić information content (AvgIpc) is 3.61. The first-order chi connectivity index (χ1) is 18.0. The van der Waals surface area contributed by atoms with Gasteiger partial charge in [-0.2, -0.15) is 4.98 Å². The molecule has 6 rings (SSSR count). The minimum Gasteiger partial charge on any atom is -0.481 e. The van der Waals surface area contributed by atoms with Crippen molar-refractivity contribution in [2.24, 2.45) is 0 Å². The molecule has 4 heterocycles. The monoisotopic (exact) mass is 519 g/mol. The fourth-order valence-electron chi connectivity index (χ4n) is 4.96. The van der Waals surface area contributed by atoms with Gasteiger partial charge in [-0.3, -0.25) is 4.79 Å². The number of H-pyrrole nitrogens is 1. The summed E-state index contributed by atoms with van der Waals surface area (Å²) < 4.78 is 17.5. The van der Waals surface area contributed by atoms with Crippen LogP contribution in [0.15, 0.2) is 54.6 Å². The summed E-state index contributed by atoms with van der Waals surface area (Å²) in [6.07, 6.45) is 2.30. The van der Waals surface area contributed by atoms with Gasteiger partial charge in [0.2, 0.25) is 0 Å². The quantitative estimate of drug-likeness (QED) is 0.326. The molecule has 2 aromatic heterocycles. The molecule has 0 amide bonds. The first-order valence-electron chi connectivity index (χ1n) is 12.4. The highest BCUT2D eigenvalue weighted by Crippen LogP contribution is 2.33. The van der Waals surface area contributed by atoms with Gasteiger partial charge in [-0.05, 0) is 42.0 Å². The summed E-state index contributed by atoms with van der Waals surface area (Å²) >= 11 is 6.60. The van der Waals surface area contributed by atoms with Crippen molar-refractivity contribution in [3.63, 3.8) is 0 Å². The lowest BCUT2D eigenvalue weighted by Crippen LogP contribution is -2.32. The van der Waals surface area contributed by atoms with Crippen molar-refractivity contribution in [1.29, 1.82) is 0 Å². The van der Waals surface area contributed by atoms with E-state index >= 15 is 0 Å². The van der Waals surface area contributed by atoms with Crippen LogP contribution in [0.4, 0.5) is 0 Å². The van der Waals surface area contributed by atoms with E-state index in [-0.39, 0.29) is 24.7 Å². The molecule has 2 aliphatic heterocycles. The topological polar surface area (TPSA) is 107 Å². The highest BCUT2D eigenvalue weighted by molar-refractivity contribution is 6.33. The second-order valence-corrected chi connectivity index (χ2v) is 9.81. The van der Waals surface area contributed by atoms with Gasteiger partial charge < -0.3 is 24.3 Å². The summed E-state index contributed by atoms with van der Waals surface area (Å²) in [7, 11) is 0. The predicted molar refractivity (Wildman–Crippen MR) is 139 cm³/mol. The van der Waals surface area contributed by atoms with Gasteiger partial charge in [0, 0.05) is 18.6 Å². The number of halogens is 1. The number of hydrogen-bond acceptors (Lipinski definition) is 6. The minimum absolute atomic E-state index is 0.0630. The molecule has 2 aromatic carbocycles. The molecule has 2 fully saturated rings. The molecule has 1 unspecified atom stereocenters. The number of aromatic nitrogens is 3. The molecule has 0 aliphatic carbocycles. The number of rotatable bonds is 8. The second kappa shape index (κ2) is 10.1. The van der Waals surface area contributed by atoms with Crippen LogP contribution in [0.25, 0.3) is 33.5 Å². The lowest BCUT2D eigenvalue weighted by molar-refractivity contribution is -0.137. The number of nitrogens with zero attached hydrogens (tertiary/aromatic N) is 2. The van der Waals surface area contributed by atoms with Gasteiger partial charge in [0.1, 0.15) is 6.10 Å². The molecular formula is C28H26ClN3O5. The molecule has 37 heavy (non-hydrogen) atoms. The maximum Gasteiger partial charge on any atom is 0.303 e. The van der Waals surface area contributed by atoms with Gasteiger partial charge in [0.05, 0.1) is 28.9 Å². The van der Waals surface area contributed by atoms with E-state index in [1.54, 1.807) is 0 Å². The molecule has 0 spiro atoms. The van der Waals surface area contributed by atoms with E-state index in [0.717, 1.165) is 35.1 Å². The largest absolute Gasteiger partial charge is 0.481 e. The number of aliphatic carboxylic acids is 1. The first kappa shape index (κ1) is 23.9. The summed E-state index contributed by atoms with van der Waals surface area (Å²) in [4.78, 5) is 23.1. The van der Waals surface area contributed by atoms with Crippen molar-refractivity contribution in [3.05, 3.63) is 65.2 Å². The van der Waals surface area contributed by atoms with Crippen molar-refractivity contribution < 1.29 is 24.1 Å². The third-order valence-electron chi connectivity index (χ3n) is 6.89. The zero-order valence-corrected chi connectivity index (χ0v) is 20.8. The summed E-state index contributed by atoms with van der Waals surface area (Å²) in [6.45, 7) is 1.17. The van der Waals surface area contributed by atoms with Crippen LogP contribution in [0.3, 0.4) is 0 Å². The second-order valence-electron chi connectivity index (χ2n) is 9.41. The van der Waals surface area contributed by atoms with Crippen LogP contribution in [0.2, 0.25) is 5.02 Å². The number of aromatic amines is 1. The SMILES string of the molecule is O=C(O)CCCc1ccc(-c2ccc(-c3nc4nc(OC5CO[C@@H]6CCO[C@H]56)[nH]c4cc3Cl)cc2)cc1. The van der Waals surface area contributed by atoms with Crippen LogP contribution in [0.1, 0.15) is 24.8 Å². The maximum atomic E-state index is 10.7. The fraction of sp³-hybridized carbons (Fsp3) is 0.321. The van der Waals surface area contributed by atoms with Crippen LogP contribution in [-0.2, 0) is 20.7 Å². The molecule has 8 nitrogen and oxygen atoms in total. The highest BCUT2D eigenvalue weighted by atomic mass is 35.5. The Hall–Kier alpha value is -3.46. The molecule has 9 heteroatoms. The number of pyridine rings is 1. The lowest BCUT2D eigenvalue weighted by atomic mass is 10.00. The molecular weight excluding hydrogens is 494 g/mol. The zero-order chi connectivity index (χ0) is 25.4. The highest BCUT2D eigenvalue weighted by Gasteiger charge is 2.43. The third-order valence-corrected chi connectivity index (χ3v) is 7.18. The van der Waals surface area contributed by atoms with Crippen LogP contribution in [0.5, 0.6) is 6.01 Å². The number of carboxylic acids is 1. The van der Waals surface area contributed by atoms with Gasteiger partial charge in [0.15, 0.2) is 11.8 Å². The average molecular weight is 520 g/mol. The summed E-state index contributed by atoms with van der Waals surface area (Å²) in [6, 6.07) is 18.5. The van der Waals surface area contributed by atoms with E-state index in [1.165, 1.54) is 0 Å². The van der Waals surface area contributed by atoms with Crippen molar-refractivity contribution in [2.75, 3.05) is 13.2 Å². The number of carboxylic acid groups (broad SMARTS) is 1. The van der Waals surface area contributed by atoms with Gasteiger partial charge >= 0.3 is 5.97 Å². The predicted octanol–water partition coefficient (Wildman–Crippen LogP) is 5.29. The molecule has 3 atom stereocenters. The van der Waals surface area contributed by atoms with Crippen LogP contribution >= 0.6 is 11.6 Å². The molecule has 2 saturated heterocycles. The smallest absolute Gasteiger partial charge is 0.303 e. The van der Waals surface area contributed by atoms with E-state index in [9.17, 15) is 4.79 Å². The Bertz CT molecular complexity index is 1420. The fourth-order valence-corrected chi connectivity index (χ4v) is 5.22. The van der Waals surface area contributed by atoms with E-state index in [1.807, 2.05) is 42.5 Å². The maximum absolute atomic E-state index is 10.7. The molecule has 0 saturated carbocycles. The Morgan fingerprint density at radius 1 is 1.05 bits per heavy atom. The number of benzene rings is 2. The van der Waals surface area contributed by atoms with Gasteiger partial charge in [0.25, 0.3) is 6.01 Å². The van der Waals surface area contributed by atoms with Crippen molar-refractivity contribution in [2.45, 2.75) is 44.0 Å². The Balaban J connectivity index is 1.17. The van der Waals surface area contributed by atoms with Crippen molar-refractivity contribution in [3.8, 4) is 28.4 Å². The molecule has 2 aliphatic rings. The van der Waals surface area contributed by atoms with Crippen LogP contribution in [-0.4, -0.2) is 57.6 Å². The van der Waals surface area contributed by atoms with E-state index < -0.39 is 5.97 Å². The summed E-state index contributed by atoms with van der Waals surface area (Å²) in [5, 5.41) is 9.32. The third kappa shape index (κ3) is 5.05. The summed E-state index contributed by atoms with van der Waals surface area (Å²) in [5.74, 6) is -0.761. The number of fused-ring (bicyclic) bond motifs is 2.